The number of hydrogen-bond donors (Lipinski definition) is 1. The van der Waals surface area contributed by atoms with Crippen LogP contribution in [-0.2, 0) is 13.1 Å². The van der Waals surface area contributed by atoms with Crippen LogP contribution < -0.4 is 5.32 Å². The molecule has 8 heteroatoms. The summed E-state index contributed by atoms with van der Waals surface area (Å²) in [5.74, 6) is 1.20. The molecule has 0 aliphatic carbocycles. The minimum absolute atomic E-state index is 0.0504. The van der Waals surface area contributed by atoms with Crippen LogP contribution in [0.1, 0.15) is 18.3 Å². The fourth-order valence-corrected chi connectivity index (χ4v) is 1.66. The summed E-state index contributed by atoms with van der Waals surface area (Å²) in [6.07, 6.45) is 3.12. The van der Waals surface area contributed by atoms with E-state index in [0.29, 0.717) is 17.9 Å². The van der Waals surface area contributed by atoms with Crippen molar-refractivity contribution < 1.29 is 4.92 Å². The molecule has 0 saturated carbocycles. The standard InChI is InChI=1S/C11H14N6O2/c1-3-16-7-14-15-11(16)6-13-10-4-9(17(18)19)8(2)5-12-10/h4-5,7H,3,6H2,1-2H3,(H,12,13). The molecular weight excluding hydrogens is 248 g/mol. The van der Waals surface area contributed by atoms with E-state index in [1.165, 1.54) is 12.3 Å². The van der Waals surface area contributed by atoms with Gasteiger partial charge in [-0.15, -0.1) is 10.2 Å². The van der Waals surface area contributed by atoms with Gasteiger partial charge in [0.15, 0.2) is 5.82 Å². The van der Waals surface area contributed by atoms with E-state index < -0.39 is 4.92 Å². The minimum atomic E-state index is -0.420. The number of anilines is 1. The van der Waals surface area contributed by atoms with E-state index >= 15 is 0 Å². The summed E-state index contributed by atoms with van der Waals surface area (Å²) in [4.78, 5) is 14.5. The van der Waals surface area contributed by atoms with E-state index in [2.05, 4.69) is 20.5 Å². The lowest BCUT2D eigenvalue weighted by Crippen LogP contribution is -2.08. The smallest absolute Gasteiger partial charge is 0.277 e. The van der Waals surface area contributed by atoms with Crippen LogP contribution in [0.2, 0.25) is 0 Å². The molecule has 0 fully saturated rings. The molecule has 0 aliphatic rings. The normalized spacial score (nSPS) is 10.4. The summed E-state index contributed by atoms with van der Waals surface area (Å²) in [6, 6.07) is 1.42. The van der Waals surface area contributed by atoms with Gasteiger partial charge in [0.2, 0.25) is 0 Å². The van der Waals surface area contributed by atoms with Gasteiger partial charge in [0.25, 0.3) is 5.69 Å². The highest BCUT2D eigenvalue weighted by atomic mass is 16.6. The Hall–Kier alpha value is -2.51. The van der Waals surface area contributed by atoms with Crippen molar-refractivity contribution in [3.63, 3.8) is 0 Å². The summed E-state index contributed by atoms with van der Waals surface area (Å²) >= 11 is 0. The molecule has 0 radical (unpaired) electrons. The van der Waals surface area contributed by atoms with Gasteiger partial charge < -0.3 is 9.88 Å². The van der Waals surface area contributed by atoms with Crippen molar-refractivity contribution in [1.29, 1.82) is 0 Å². The zero-order chi connectivity index (χ0) is 13.8. The van der Waals surface area contributed by atoms with E-state index in [0.717, 1.165) is 12.4 Å². The van der Waals surface area contributed by atoms with Gasteiger partial charge in [0.05, 0.1) is 17.5 Å². The molecule has 0 unspecified atom stereocenters. The second-order valence-corrected chi connectivity index (χ2v) is 4.00. The van der Waals surface area contributed by atoms with Crippen LogP contribution in [-0.4, -0.2) is 24.7 Å². The molecule has 1 N–H and O–H groups in total. The summed E-state index contributed by atoms with van der Waals surface area (Å²) in [5, 5.41) is 21.6. The average Bonchev–Trinajstić information content (AvgIpc) is 2.84. The maximum atomic E-state index is 10.8. The molecule has 2 rings (SSSR count). The third-order valence-corrected chi connectivity index (χ3v) is 2.74. The van der Waals surface area contributed by atoms with Gasteiger partial charge in [-0.1, -0.05) is 0 Å². The van der Waals surface area contributed by atoms with E-state index in [1.54, 1.807) is 13.3 Å². The number of hydrogen-bond acceptors (Lipinski definition) is 6. The highest BCUT2D eigenvalue weighted by molar-refractivity contribution is 5.48. The van der Waals surface area contributed by atoms with Crippen LogP contribution in [0.4, 0.5) is 11.5 Å². The Kier molecular flexibility index (Phi) is 3.69. The zero-order valence-electron chi connectivity index (χ0n) is 10.7. The molecule has 2 heterocycles. The Balaban J connectivity index is 2.12. The first-order valence-corrected chi connectivity index (χ1v) is 5.83. The monoisotopic (exact) mass is 262 g/mol. The van der Waals surface area contributed by atoms with Crippen molar-refractivity contribution in [3.05, 3.63) is 40.1 Å². The van der Waals surface area contributed by atoms with Crippen molar-refractivity contribution in [3.8, 4) is 0 Å². The number of rotatable bonds is 5. The Labute approximate surface area is 109 Å². The van der Waals surface area contributed by atoms with Gasteiger partial charge in [0, 0.05) is 18.3 Å². The second-order valence-electron chi connectivity index (χ2n) is 4.00. The Morgan fingerprint density at radius 3 is 3.00 bits per heavy atom. The zero-order valence-corrected chi connectivity index (χ0v) is 10.7. The predicted octanol–water partition coefficient (Wildman–Crippen LogP) is 1.52. The third kappa shape index (κ3) is 2.84. The van der Waals surface area contributed by atoms with Gasteiger partial charge in [-0.05, 0) is 13.8 Å². The van der Waals surface area contributed by atoms with Crippen LogP contribution in [0, 0.1) is 17.0 Å². The number of aryl methyl sites for hydroxylation is 2. The average molecular weight is 262 g/mol. The Morgan fingerprint density at radius 2 is 2.32 bits per heavy atom. The second kappa shape index (κ2) is 5.42. The number of nitrogens with one attached hydrogen (secondary N) is 1. The number of pyridine rings is 1. The Bertz CT molecular complexity index is 595. The lowest BCUT2D eigenvalue weighted by atomic mass is 10.2. The van der Waals surface area contributed by atoms with Crippen molar-refractivity contribution in [1.82, 2.24) is 19.7 Å². The van der Waals surface area contributed by atoms with Gasteiger partial charge in [-0.2, -0.15) is 0 Å². The van der Waals surface area contributed by atoms with E-state index in [9.17, 15) is 10.1 Å². The van der Waals surface area contributed by atoms with Gasteiger partial charge in [0.1, 0.15) is 12.1 Å². The molecule has 0 bridgehead atoms. The maximum absolute atomic E-state index is 10.8. The highest BCUT2D eigenvalue weighted by Crippen LogP contribution is 2.20. The Morgan fingerprint density at radius 1 is 1.53 bits per heavy atom. The molecule has 2 aromatic rings. The van der Waals surface area contributed by atoms with Crippen LogP contribution in [0.25, 0.3) is 0 Å². The summed E-state index contributed by atoms with van der Waals surface area (Å²) in [5.41, 5.74) is 0.585. The van der Waals surface area contributed by atoms with Gasteiger partial charge >= 0.3 is 0 Å². The number of nitrogens with zero attached hydrogens (tertiary/aromatic N) is 5. The van der Waals surface area contributed by atoms with Gasteiger partial charge in [-0.3, -0.25) is 10.1 Å². The summed E-state index contributed by atoms with van der Waals surface area (Å²) in [6.45, 7) is 4.83. The highest BCUT2D eigenvalue weighted by Gasteiger charge is 2.12. The first-order valence-electron chi connectivity index (χ1n) is 5.83. The third-order valence-electron chi connectivity index (χ3n) is 2.74. The first kappa shape index (κ1) is 12.9. The molecule has 19 heavy (non-hydrogen) atoms. The molecule has 0 aliphatic heterocycles. The topological polar surface area (TPSA) is 98.8 Å². The fourth-order valence-electron chi connectivity index (χ4n) is 1.66. The molecule has 0 saturated heterocycles. The first-order chi connectivity index (χ1) is 9.11. The predicted molar refractivity (Wildman–Crippen MR) is 68.7 cm³/mol. The molecule has 0 amide bonds. The van der Waals surface area contributed by atoms with Gasteiger partial charge in [-0.25, -0.2) is 4.98 Å². The number of nitro groups is 1. The van der Waals surface area contributed by atoms with E-state index in [1.807, 2.05) is 11.5 Å². The molecule has 0 aromatic carbocycles. The van der Waals surface area contributed by atoms with Crippen molar-refractivity contribution in [2.45, 2.75) is 26.9 Å². The molecule has 2 aromatic heterocycles. The maximum Gasteiger partial charge on any atom is 0.277 e. The van der Waals surface area contributed by atoms with Crippen molar-refractivity contribution in [2.75, 3.05) is 5.32 Å². The minimum Gasteiger partial charge on any atom is -0.363 e. The van der Waals surface area contributed by atoms with Crippen LogP contribution in [0.5, 0.6) is 0 Å². The largest absolute Gasteiger partial charge is 0.363 e. The van der Waals surface area contributed by atoms with Crippen molar-refractivity contribution >= 4 is 11.5 Å². The quantitative estimate of drug-likeness (QED) is 0.648. The van der Waals surface area contributed by atoms with E-state index in [-0.39, 0.29) is 5.69 Å². The lowest BCUT2D eigenvalue weighted by Gasteiger charge is -2.06. The number of aromatic nitrogens is 4. The molecular formula is C11H14N6O2. The molecule has 100 valence electrons. The SMILES string of the molecule is CCn1cnnc1CNc1cc([N+](=O)[O-])c(C)cn1. The summed E-state index contributed by atoms with van der Waals surface area (Å²) in [7, 11) is 0. The van der Waals surface area contributed by atoms with Crippen molar-refractivity contribution in [2.24, 2.45) is 0 Å². The van der Waals surface area contributed by atoms with E-state index in [4.69, 9.17) is 0 Å². The fraction of sp³-hybridized carbons (Fsp3) is 0.364. The van der Waals surface area contributed by atoms with Crippen LogP contribution >= 0.6 is 0 Å². The molecule has 0 atom stereocenters. The molecule has 8 nitrogen and oxygen atoms in total. The lowest BCUT2D eigenvalue weighted by molar-refractivity contribution is -0.385. The van der Waals surface area contributed by atoms with Crippen LogP contribution in [0.3, 0.4) is 0 Å². The summed E-state index contributed by atoms with van der Waals surface area (Å²) < 4.78 is 1.88. The van der Waals surface area contributed by atoms with Crippen LogP contribution in [0.15, 0.2) is 18.6 Å². The molecule has 0 spiro atoms.